The van der Waals surface area contributed by atoms with Crippen molar-refractivity contribution in [2.45, 2.75) is 26.3 Å². The first-order chi connectivity index (χ1) is 10.8. The van der Waals surface area contributed by atoms with Gasteiger partial charge < -0.3 is 20.5 Å². The molecule has 7 nitrogen and oxygen atoms in total. The van der Waals surface area contributed by atoms with Gasteiger partial charge in [-0.3, -0.25) is 9.59 Å². The fourth-order valence-corrected chi connectivity index (χ4v) is 2.03. The lowest BCUT2D eigenvalue weighted by Crippen LogP contribution is -2.46. The van der Waals surface area contributed by atoms with E-state index in [4.69, 9.17) is 9.84 Å². The summed E-state index contributed by atoms with van der Waals surface area (Å²) < 4.78 is 5.07. The average molecular weight is 322 g/mol. The maximum atomic E-state index is 12.0. The van der Waals surface area contributed by atoms with Gasteiger partial charge in [-0.25, -0.2) is 4.79 Å². The third-order valence-electron chi connectivity index (χ3n) is 3.10. The van der Waals surface area contributed by atoms with E-state index in [2.05, 4.69) is 10.6 Å². The van der Waals surface area contributed by atoms with Crippen LogP contribution in [0.4, 0.5) is 0 Å². The van der Waals surface area contributed by atoms with Crippen LogP contribution < -0.4 is 15.4 Å². The SMILES string of the molecule is COc1ccccc1C(=O)NCC(=O)N[C@@H](CC(C)C)C(=O)O. The largest absolute Gasteiger partial charge is 0.496 e. The van der Waals surface area contributed by atoms with Gasteiger partial charge in [0.15, 0.2) is 0 Å². The minimum atomic E-state index is -1.09. The number of amides is 2. The molecule has 0 aliphatic rings. The molecule has 7 heteroatoms. The maximum Gasteiger partial charge on any atom is 0.326 e. The molecule has 0 aromatic heterocycles. The quantitative estimate of drug-likeness (QED) is 0.663. The van der Waals surface area contributed by atoms with E-state index in [9.17, 15) is 14.4 Å². The molecule has 3 N–H and O–H groups in total. The fraction of sp³-hybridized carbons (Fsp3) is 0.438. The first-order valence-electron chi connectivity index (χ1n) is 7.28. The predicted octanol–water partition coefficient (Wildman–Crippen LogP) is 1.04. The Labute approximate surface area is 135 Å². The molecule has 23 heavy (non-hydrogen) atoms. The van der Waals surface area contributed by atoms with Crippen molar-refractivity contribution in [2.24, 2.45) is 5.92 Å². The molecule has 0 spiro atoms. The molecule has 1 atom stereocenters. The average Bonchev–Trinajstić information content (AvgIpc) is 2.51. The van der Waals surface area contributed by atoms with Crippen molar-refractivity contribution in [3.8, 4) is 5.75 Å². The monoisotopic (exact) mass is 322 g/mol. The van der Waals surface area contributed by atoms with E-state index in [1.165, 1.54) is 7.11 Å². The molecular weight excluding hydrogens is 300 g/mol. The third kappa shape index (κ3) is 5.98. The smallest absolute Gasteiger partial charge is 0.326 e. The highest BCUT2D eigenvalue weighted by atomic mass is 16.5. The number of carboxylic acids is 1. The van der Waals surface area contributed by atoms with E-state index < -0.39 is 23.8 Å². The Kier molecular flexibility index (Phi) is 7.05. The predicted molar refractivity (Wildman–Crippen MR) is 84.3 cm³/mol. The molecule has 0 bridgehead atoms. The number of rotatable bonds is 8. The molecule has 0 saturated carbocycles. The number of ether oxygens (including phenoxy) is 1. The highest BCUT2D eigenvalue weighted by Gasteiger charge is 2.21. The van der Waals surface area contributed by atoms with Gasteiger partial charge in [0.05, 0.1) is 19.2 Å². The fourth-order valence-electron chi connectivity index (χ4n) is 2.03. The van der Waals surface area contributed by atoms with Gasteiger partial charge in [-0.05, 0) is 24.5 Å². The summed E-state index contributed by atoms with van der Waals surface area (Å²) in [4.78, 5) is 34.9. The second-order valence-electron chi connectivity index (χ2n) is 5.47. The van der Waals surface area contributed by atoms with Crippen molar-refractivity contribution in [1.29, 1.82) is 0 Å². The Morgan fingerprint density at radius 1 is 1.22 bits per heavy atom. The van der Waals surface area contributed by atoms with Crippen LogP contribution in [0, 0.1) is 5.92 Å². The number of carbonyl (C=O) groups is 3. The van der Waals surface area contributed by atoms with Gasteiger partial charge in [-0.1, -0.05) is 26.0 Å². The van der Waals surface area contributed by atoms with Gasteiger partial charge in [0, 0.05) is 0 Å². The summed E-state index contributed by atoms with van der Waals surface area (Å²) in [7, 11) is 1.45. The number of nitrogens with one attached hydrogen (secondary N) is 2. The first-order valence-corrected chi connectivity index (χ1v) is 7.28. The van der Waals surface area contributed by atoms with Crippen LogP contribution in [0.25, 0.3) is 0 Å². The minimum absolute atomic E-state index is 0.125. The van der Waals surface area contributed by atoms with Gasteiger partial charge in [0.25, 0.3) is 5.91 Å². The normalized spacial score (nSPS) is 11.7. The summed E-state index contributed by atoms with van der Waals surface area (Å²) >= 11 is 0. The lowest BCUT2D eigenvalue weighted by molar-refractivity contribution is -0.142. The third-order valence-corrected chi connectivity index (χ3v) is 3.10. The van der Waals surface area contributed by atoms with E-state index in [0.29, 0.717) is 17.7 Å². The molecule has 0 aliphatic heterocycles. The van der Waals surface area contributed by atoms with Crippen molar-refractivity contribution in [2.75, 3.05) is 13.7 Å². The van der Waals surface area contributed by atoms with Gasteiger partial charge in [0.1, 0.15) is 11.8 Å². The van der Waals surface area contributed by atoms with E-state index in [1.54, 1.807) is 24.3 Å². The Morgan fingerprint density at radius 3 is 2.43 bits per heavy atom. The number of aliphatic carboxylic acids is 1. The van der Waals surface area contributed by atoms with E-state index in [1.807, 2.05) is 13.8 Å². The summed E-state index contributed by atoms with van der Waals surface area (Å²) in [6.45, 7) is 3.43. The van der Waals surface area contributed by atoms with Crippen molar-refractivity contribution < 1.29 is 24.2 Å². The summed E-state index contributed by atoms with van der Waals surface area (Å²) in [5.41, 5.74) is 0.305. The van der Waals surface area contributed by atoms with Gasteiger partial charge in [0.2, 0.25) is 5.91 Å². The number of para-hydroxylation sites is 1. The number of methoxy groups -OCH3 is 1. The summed E-state index contributed by atoms with van der Waals surface area (Å²) in [6.07, 6.45) is 0.321. The van der Waals surface area contributed by atoms with E-state index in [0.717, 1.165) is 0 Å². The Hall–Kier alpha value is -2.57. The number of carboxylic acid groups (broad SMARTS) is 1. The molecule has 0 fully saturated rings. The molecule has 1 aromatic rings. The van der Waals surface area contributed by atoms with Gasteiger partial charge in [-0.15, -0.1) is 0 Å². The Balaban J connectivity index is 2.58. The van der Waals surface area contributed by atoms with E-state index >= 15 is 0 Å². The Morgan fingerprint density at radius 2 is 1.87 bits per heavy atom. The van der Waals surface area contributed by atoms with Crippen molar-refractivity contribution >= 4 is 17.8 Å². The molecule has 0 unspecified atom stereocenters. The summed E-state index contributed by atoms with van der Waals surface area (Å²) in [5, 5.41) is 13.9. The second kappa shape index (κ2) is 8.77. The molecule has 0 saturated heterocycles. The zero-order valence-corrected chi connectivity index (χ0v) is 13.5. The lowest BCUT2D eigenvalue weighted by Gasteiger charge is -2.16. The van der Waals surface area contributed by atoms with Crippen LogP contribution in [0.2, 0.25) is 0 Å². The standard InChI is InChI=1S/C16H22N2O5/c1-10(2)8-12(16(21)22)18-14(19)9-17-15(20)11-6-4-5-7-13(11)23-3/h4-7,10,12H,8-9H2,1-3H3,(H,17,20)(H,18,19)(H,21,22)/t12-/m0/s1. The molecule has 0 aliphatic carbocycles. The molecule has 126 valence electrons. The van der Waals surface area contributed by atoms with E-state index in [-0.39, 0.29) is 12.5 Å². The first kappa shape index (κ1) is 18.5. The van der Waals surface area contributed by atoms with Crippen LogP contribution >= 0.6 is 0 Å². The second-order valence-corrected chi connectivity index (χ2v) is 5.47. The molecule has 1 rings (SSSR count). The minimum Gasteiger partial charge on any atom is -0.496 e. The highest BCUT2D eigenvalue weighted by Crippen LogP contribution is 2.16. The van der Waals surface area contributed by atoms with Crippen LogP contribution in [-0.4, -0.2) is 42.6 Å². The van der Waals surface area contributed by atoms with Crippen LogP contribution in [-0.2, 0) is 9.59 Å². The molecule has 1 aromatic carbocycles. The summed E-state index contributed by atoms with van der Waals surface area (Å²) in [5.74, 6) is -1.59. The zero-order valence-electron chi connectivity index (χ0n) is 13.5. The van der Waals surface area contributed by atoms with Crippen molar-refractivity contribution in [3.63, 3.8) is 0 Å². The number of carbonyl (C=O) groups excluding carboxylic acids is 2. The van der Waals surface area contributed by atoms with Crippen LogP contribution in [0.3, 0.4) is 0 Å². The van der Waals surface area contributed by atoms with Gasteiger partial charge >= 0.3 is 5.97 Å². The molecule has 0 radical (unpaired) electrons. The molecule has 2 amide bonds. The summed E-state index contributed by atoms with van der Waals surface area (Å²) in [6, 6.07) is 5.65. The maximum absolute atomic E-state index is 12.0. The molecule has 0 heterocycles. The number of benzene rings is 1. The van der Waals surface area contributed by atoms with Gasteiger partial charge in [-0.2, -0.15) is 0 Å². The number of hydrogen-bond donors (Lipinski definition) is 3. The van der Waals surface area contributed by atoms with Crippen molar-refractivity contribution in [1.82, 2.24) is 10.6 Å². The van der Waals surface area contributed by atoms with Crippen LogP contribution in [0.1, 0.15) is 30.6 Å². The lowest BCUT2D eigenvalue weighted by atomic mass is 10.0. The highest BCUT2D eigenvalue weighted by molar-refractivity contribution is 5.99. The van der Waals surface area contributed by atoms with Crippen molar-refractivity contribution in [3.05, 3.63) is 29.8 Å². The Bertz CT molecular complexity index is 571. The number of hydrogen-bond acceptors (Lipinski definition) is 4. The topological polar surface area (TPSA) is 105 Å². The molecular formula is C16H22N2O5. The van der Waals surface area contributed by atoms with Crippen LogP contribution in [0.15, 0.2) is 24.3 Å². The van der Waals surface area contributed by atoms with Crippen LogP contribution in [0.5, 0.6) is 5.75 Å². The zero-order chi connectivity index (χ0) is 17.4.